The molecule has 0 N–H and O–H groups in total. The zero-order chi connectivity index (χ0) is 27.4. The fourth-order valence-corrected chi connectivity index (χ4v) is 5.50. The summed E-state index contributed by atoms with van der Waals surface area (Å²) in [6, 6.07) is 12.0. The van der Waals surface area contributed by atoms with Gasteiger partial charge in [0.25, 0.3) is 5.56 Å². The Bertz CT molecular complexity index is 1550. The normalized spacial score (nSPS) is 15.3. The maximum Gasteiger partial charge on any atom is 0.338 e. The van der Waals surface area contributed by atoms with Gasteiger partial charge in [-0.15, -0.1) is 0 Å². The highest BCUT2D eigenvalue weighted by Crippen LogP contribution is 2.34. The lowest BCUT2D eigenvalue weighted by atomic mass is 9.96. The second-order valence-electron chi connectivity index (χ2n) is 9.05. The Labute approximate surface area is 230 Å². The number of aromatic nitrogens is 1. The number of hydrogen-bond donors (Lipinski definition) is 0. The molecule has 0 amide bonds. The summed E-state index contributed by atoms with van der Waals surface area (Å²) in [6.45, 7) is 10.3. The highest BCUT2D eigenvalue weighted by atomic mass is 35.5. The molecule has 1 aliphatic heterocycles. The molecule has 0 spiro atoms. The van der Waals surface area contributed by atoms with Gasteiger partial charge in [0.05, 0.1) is 35.1 Å². The molecule has 2 aromatic carbocycles. The number of fused-ring (bicyclic) bond motifs is 1. The van der Waals surface area contributed by atoms with Crippen molar-refractivity contribution < 1.29 is 19.0 Å². The van der Waals surface area contributed by atoms with E-state index in [1.165, 1.54) is 15.9 Å². The van der Waals surface area contributed by atoms with Gasteiger partial charge in [0.15, 0.2) is 16.3 Å². The van der Waals surface area contributed by atoms with Crippen LogP contribution in [0.4, 0.5) is 0 Å². The summed E-state index contributed by atoms with van der Waals surface area (Å²) in [4.78, 5) is 32.2. The van der Waals surface area contributed by atoms with Crippen molar-refractivity contribution in [3.05, 3.63) is 89.6 Å². The fourth-order valence-electron chi connectivity index (χ4n) is 4.22. The first-order valence-electron chi connectivity index (χ1n) is 12.6. The van der Waals surface area contributed by atoms with Crippen molar-refractivity contribution in [2.24, 2.45) is 4.99 Å². The third-order valence-electron chi connectivity index (χ3n) is 5.81. The van der Waals surface area contributed by atoms with Gasteiger partial charge in [-0.05, 0) is 69.5 Å². The van der Waals surface area contributed by atoms with Crippen molar-refractivity contribution >= 4 is 35.0 Å². The van der Waals surface area contributed by atoms with E-state index in [1.54, 1.807) is 32.9 Å². The summed E-state index contributed by atoms with van der Waals surface area (Å²) in [6.07, 6.45) is 2.35. The smallest absolute Gasteiger partial charge is 0.338 e. The molecule has 1 atom stereocenters. The number of hydrogen-bond acceptors (Lipinski definition) is 7. The first-order chi connectivity index (χ1) is 18.2. The molecule has 4 rings (SSSR count). The minimum Gasteiger partial charge on any atom is -0.490 e. The number of ether oxygens (including phenoxy) is 3. The second kappa shape index (κ2) is 12.0. The Kier molecular flexibility index (Phi) is 8.74. The Morgan fingerprint density at radius 2 is 1.92 bits per heavy atom. The molecule has 200 valence electrons. The molecular formula is C29H31ClN2O5S. The molecule has 1 aliphatic rings. The molecule has 0 fully saturated rings. The highest BCUT2D eigenvalue weighted by Gasteiger charge is 2.34. The molecule has 3 aromatic rings. The topological polar surface area (TPSA) is 79.1 Å². The Morgan fingerprint density at radius 3 is 2.61 bits per heavy atom. The van der Waals surface area contributed by atoms with Crippen LogP contribution in [0.2, 0.25) is 5.02 Å². The van der Waals surface area contributed by atoms with Crippen LogP contribution in [0.5, 0.6) is 11.5 Å². The molecule has 0 aliphatic carbocycles. The zero-order valence-electron chi connectivity index (χ0n) is 22.1. The van der Waals surface area contributed by atoms with Crippen molar-refractivity contribution in [1.29, 1.82) is 0 Å². The average Bonchev–Trinajstić information content (AvgIpc) is 3.17. The van der Waals surface area contributed by atoms with Gasteiger partial charge < -0.3 is 14.2 Å². The summed E-state index contributed by atoms with van der Waals surface area (Å²) in [5.74, 6) is 0.755. The Balaban J connectivity index is 1.88. The van der Waals surface area contributed by atoms with Crippen molar-refractivity contribution in [2.75, 3.05) is 13.2 Å². The SMILES string of the molecule is CCCOc1ccc(C=c2sc3n(c2=O)C(c2ccccc2Cl)C(C(=O)OC(C)C)=C(C)N=3)cc1OCC. The van der Waals surface area contributed by atoms with Gasteiger partial charge in [0, 0.05) is 5.02 Å². The number of carbonyl (C=O) groups excluding carboxylic acids is 1. The summed E-state index contributed by atoms with van der Waals surface area (Å²) < 4.78 is 19.1. The van der Waals surface area contributed by atoms with E-state index >= 15 is 0 Å². The van der Waals surface area contributed by atoms with E-state index in [4.69, 9.17) is 25.8 Å². The summed E-state index contributed by atoms with van der Waals surface area (Å²) in [7, 11) is 0. The van der Waals surface area contributed by atoms with E-state index in [0.29, 0.717) is 55.9 Å². The van der Waals surface area contributed by atoms with Crippen LogP contribution < -0.4 is 24.4 Å². The van der Waals surface area contributed by atoms with Crippen LogP contribution in [0, 0.1) is 0 Å². The van der Waals surface area contributed by atoms with Gasteiger partial charge >= 0.3 is 5.97 Å². The summed E-state index contributed by atoms with van der Waals surface area (Å²) in [5.41, 5.74) is 1.92. The van der Waals surface area contributed by atoms with E-state index < -0.39 is 12.0 Å². The molecule has 1 unspecified atom stereocenters. The van der Waals surface area contributed by atoms with Crippen molar-refractivity contribution in [3.8, 4) is 11.5 Å². The third-order valence-corrected chi connectivity index (χ3v) is 7.14. The summed E-state index contributed by atoms with van der Waals surface area (Å²) >= 11 is 7.84. The van der Waals surface area contributed by atoms with E-state index in [0.717, 1.165) is 12.0 Å². The number of esters is 1. The lowest BCUT2D eigenvalue weighted by molar-refractivity contribution is -0.143. The molecule has 38 heavy (non-hydrogen) atoms. The third kappa shape index (κ3) is 5.71. The number of halogens is 1. The predicted molar refractivity (Wildman–Crippen MR) is 150 cm³/mol. The van der Waals surface area contributed by atoms with Crippen LogP contribution in [-0.4, -0.2) is 29.9 Å². The van der Waals surface area contributed by atoms with Crippen LogP contribution in [0.25, 0.3) is 6.08 Å². The van der Waals surface area contributed by atoms with E-state index in [9.17, 15) is 9.59 Å². The number of nitrogens with zero attached hydrogens (tertiary/aromatic N) is 2. The van der Waals surface area contributed by atoms with E-state index in [2.05, 4.69) is 4.99 Å². The first kappa shape index (κ1) is 27.7. The largest absolute Gasteiger partial charge is 0.490 e. The van der Waals surface area contributed by atoms with Crippen LogP contribution in [0.3, 0.4) is 0 Å². The standard InChI is InChI=1S/C29H31ClN2O5S/c1-6-14-36-22-13-12-19(15-23(22)35-7-2)16-24-27(33)32-26(20-10-8-9-11-21(20)30)25(28(34)37-17(3)4)18(5)31-29(32)38-24/h8-13,15-17,26H,6-7,14H2,1-5H3. The Morgan fingerprint density at radius 1 is 1.16 bits per heavy atom. The van der Waals surface area contributed by atoms with E-state index in [1.807, 2.05) is 50.2 Å². The van der Waals surface area contributed by atoms with Crippen molar-refractivity contribution in [2.45, 2.75) is 53.2 Å². The van der Waals surface area contributed by atoms with Crippen LogP contribution >= 0.6 is 22.9 Å². The van der Waals surface area contributed by atoms with Gasteiger partial charge in [-0.3, -0.25) is 9.36 Å². The quantitative estimate of drug-likeness (QED) is 0.347. The molecule has 0 saturated heterocycles. The van der Waals surface area contributed by atoms with Gasteiger partial charge in [-0.1, -0.05) is 54.1 Å². The molecular weight excluding hydrogens is 524 g/mol. The second-order valence-corrected chi connectivity index (χ2v) is 10.5. The molecule has 7 nitrogen and oxygen atoms in total. The van der Waals surface area contributed by atoms with Crippen LogP contribution in [0.1, 0.15) is 58.2 Å². The monoisotopic (exact) mass is 554 g/mol. The fraction of sp³-hybridized carbons (Fsp3) is 0.345. The number of carbonyl (C=O) groups is 1. The Hall–Kier alpha value is -3.36. The lowest BCUT2D eigenvalue weighted by Crippen LogP contribution is -2.40. The molecule has 1 aromatic heterocycles. The zero-order valence-corrected chi connectivity index (χ0v) is 23.7. The maximum absolute atomic E-state index is 13.8. The van der Waals surface area contributed by atoms with Crippen LogP contribution in [0.15, 0.2) is 63.5 Å². The molecule has 9 heteroatoms. The van der Waals surface area contributed by atoms with Crippen molar-refractivity contribution in [1.82, 2.24) is 4.57 Å². The molecule has 2 heterocycles. The van der Waals surface area contributed by atoms with Crippen LogP contribution in [-0.2, 0) is 9.53 Å². The van der Waals surface area contributed by atoms with Gasteiger partial charge in [0.1, 0.15) is 6.04 Å². The van der Waals surface area contributed by atoms with Gasteiger partial charge in [0.2, 0.25) is 0 Å². The van der Waals surface area contributed by atoms with Gasteiger partial charge in [-0.2, -0.15) is 0 Å². The lowest BCUT2D eigenvalue weighted by Gasteiger charge is -2.26. The maximum atomic E-state index is 13.8. The molecule has 0 bridgehead atoms. The predicted octanol–water partition coefficient (Wildman–Crippen LogP) is 5.03. The molecule has 0 saturated carbocycles. The number of allylic oxidation sites excluding steroid dienone is 1. The van der Waals surface area contributed by atoms with E-state index in [-0.39, 0.29) is 11.7 Å². The average molecular weight is 555 g/mol. The molecule has 0 radical (unpaired) electrons. The first-order valence-corrected chi connectivity index (χ1v) is 13.8. The minimum atomic E-state index is -0.767. The summed E-state index contributed by atoms with van der Waals surface area (Å²) in [5, 5.41) is 0.445. The number of benzene rings is 2. The van der Waals surface area contributed by atoms with Gasteiger partial charge in [-0.25, -0.2) is 9.79 Å². The minimum absolute atomic E-state index is 0.273. The number of rotatable bonds is 9. The van der Waals surface area contributed by atoms with Crippen molar-refractivity contribution in [3.63, 3.8) is 0 Å². The number of thiazole rings is 1. The highest BCUT2D eigenvalue weighted by molar-refractivity contribution is 7.07.